The second kappa shape index (κ2) is 14.5. The standard InChI is InChI=1S/C37H48F2N6O8S/c1-35(2)16-17-37(38,39)29-31(41-26-12-9-8-11-25(26)40-29)53-28-20-45-19-24(28)30(46)43-36(33(48)44-54(50,51)23-14-15-23)18-22(36)10-6-4-3-5-7-13-27(32(45)47)42-34(49)52-21-35/h8-9,11-12,22-24,27-28H,3-7,10,13-21H2,1-2H3,(H,42,49)(H,43,46)(H,44,48)/t22-,24?,27+,28+,36-/m1/s1. The molecule has 2 saturated carbocycles. The first-order chi connectivity index (χ1) is 25.6. The second-order valence-electron chi connectivity index (χ2n) is 16.4. The molecule has 5 atom stereocenters. The number of nitrogens with zero attached hydrogens (tertiary/aromatic N) is 3. The molecule has 17 heteroatoms. The average molecular weight is 775 g/mol. The minimum atomic E-state index is -3.93. The molecule has 4 heterocycles. The minimum absolute atomic E-state index is 0.0758. The lowest BCUT2D eigenvalue weighted by molar-refractivity contribution is -0.134. The number of carbonyl (C=O) groups is 4. The SMILES string of the molecule is CC1(C)CCC(F)(F)c2nc3ccccc3nc2O[C@H]2CN3CC2C(=O)N[C@]2(C(=O)NS(=O)(=O)C4CC4)C[C@H]2CCCCCCC[C@H](NC(=O)OC1)C3=O. The molecule has 3 aliphatic heterocycles. The van der Waals surface area contributed by atoms with Crippen LogP contribution < -0.4 is 20.1 Å². The Morgan fingerprint density at radius 3 is 2.35 bits per heavy atom. The maximum atomic E-state index is 16.3. The number of ether oxygens (including phenoxy) is 2. The molecule has 2 aromatic rings. The molecular weight excluding hydrogens is 727 g/mol. The third-order valence-corrected chi connectivity index (χ3v) is 13.3. The zero-order valence-corrected chi connectivity index (χ0v) is 31.4. The van der Waals surface area contributed by atoms with Crippen LogP contribution in [0.15, 0.2) is 24.3 Å². The van der Waals surface area contributed by atoms with Crippen LogP contribution in [0.5, 0.6) is 5.88 Å². The van der Waals surface area contributed by atoms with Crippen LogP contribution in [-0.4, -0.2) is 89.7 Å². The molecule has 2 aliphatic carbocycles. The summed E-state index contributed by atoms with van der Waals surface area (Å²) in [6, 6.07) is 5.48. The molecular formula is C37H48F2N6O8S. The number of amides is 4. The van der Waals surface area contributed by atoms with Gasteiger partial charge in [-0.25, -0.2) is 23.2 Å². The van der Waals surface area contributed by atoms with Crippen LogP contribution in [-0.2, 0) is 35.1 Å². The molecule has 7 rings (SSSR count). The van der Waals surface area contributed by atoms with Crippen molar-refractivity contribution in [1.29, 1.82) is 0 Å². The van der Waals surface area contributed by atoms with Gasteiger partial charge in [-0.2, -0.15) is 8.78 Å². The van der Waals surface area contributed by atoms with Gasteiger partial charge >= 0.3 is 6.09 Å². The predicted molar refractivity (Wildman–Crippen MR) is 191 cm³/mol. The third kappa shape index (κ3) is 8.10. The van der Waals surface area contributed by atoms with E-state index in [2.05, 4.69) is 25.3 Å². The lowest BCUT2D eigenvalue weighted by Gasteiger charge is -2.29. The van der Waals surface area contributed by atoms with Crippen LogP contribution in [0, 0.1) is 17.3 Å². The van der Waals surface area contributed by atoms with Crippen molar-refractivity contribution >= 4 is 44.9 Å². The van der Waals surface area contributed by atoms with E-state index in [1.165, 1.54) is 4.90 Å². The van der Waals surface area contributed by atoms with E-state index in [0.717, 1.165) is 25.7 Å². The van der Waals surface area contributed by atoms with Gasteiger partial charge < -0.3 is 25.0 Å². The van der Waals surface area contributed by atoms with Gasteiger partial charge in [-0.15, -0.1) is 0 Å². The highest BCUT2D eigenvalue weighted by molar-refractivity contribution is 7.91. The van der Waals surface area contributed by atoms with Crippen molar-refractivity contribution < 1.29 is 45.9 Å². The minimum Gasteiger partial charge on any atom is -0.470 e. The van der Waals surface area contributed by atoms with E-state index in [0.29, 0.717) is 32.1 Å². The summed E-state index contributed by atoms with van der Waals surface area (Å²) in [5.74, 6) is -7.58. The summed E-state index contributed by atoms with van der Waals surface area (Å²) in [6.07, 6.45) is 2.92. The molecule has 1 unspecified atom stereocenters. The van der Waals surface area contributed by atoms with Crippen LogP contribution >= 0.6 is 0 Å². The van der Waals surface area contributed by atoms with E-state index in [1.54, 1.807) is 38.1 Å². The summed E-state index contributed by atoms with van der Waals surface area (Å²) >= 11 is 0. The Labute approximate surface area is 312 Å². The zero-order valence-electron chi connectivity index (χ0n) is 30.6. The second-order valence-corrected chi connectivity index (χ2v) is 18.4. The lowest BCUT2D eigenvalue weighted by atomic mass is 9.87. The number of alkyl halides is 2. The normalized spacial score (nSPS) is 30.7. The third-order valence-electron chi connectivity index (χ3n) is 11.5. The number of rotatable bonds is 3. The van der Waals surface area contributed by atoms with Gasteiger partial charge in [0.25, 0.3) is 11.8 Å². The Balaban J connectivity index is 1.28. The van der Waals surface area contributed by atoms with Gasteiger partial charge in [-0.05, 0) is 62.0 Å². The van der Waals surface area contributed by atoms with Crippen molar-refractivity contribution in [1.82, 2.24) is 30.2 Å². The molecule has 2 saturated heterocycles. The Bertz CT molecular complexity index is 1930. The van der Waals surface area contributed by atoms with E-state index in [1.807, 2.05) is 0 Å². The lowest BCUT2D eigenvalue weighted by Crippen LogP contribution is -2.55. The van der Waals surface area contributed by atoms with E-state index in [9.17, 15) is 27.6 Å². The molecule has 0 radical (unpaired) electrons. The van der Waals surface area contributed by atoms with Crippen LogP contribution in [0.3, 0.4) is 0 Å². The maximum Gasteiger partial charge on any atom is 0.407 e. The molecule has 0 spiro atoms. The quantitative estimate of drug-likeness (QED) is 0.411. The molecule has 1 aromatic carbocycles. The van der Waals surface area contributed by atoms with Crippen molar-refractivity contribution in [3.63, 3.8) is 0 Å². The van der Waals surface area contributed by atoms with Gasteiger partial charge in [0.2, 0.25) is 27.7 Å². The number of fused-ring (bicyclic) bond motifs is 7. The van der Waals surface area contributed by atoms with Crippen LogP contribution in [0.1, 0.15) is 96.6 Å². The topological polar surface area (TPSA) is 186 Å². The Kier molecular flexibility index (Phi) is 10.2. The largest absolute Gasteiger partial charge is 0.470 e. The van der Waals surface area contributed by atoms with Crippen molar-refractivity contribution in [2.24, 2.45) is 17.3 Å². The van der Waals surface area contributed by atoms with Crippen molar-refractivity contribution in [2.75, 3.05) is 19.7 Å². The fourth-order valence-corrected chi connectivity index (χ4v) is 9.18. The molecule has 5 aliphatic rings. The number of alkyl carbamates (subject to hydrolysis) is 1. The first-order valence-electron chi connectivity index (χ1n) is 19.0. The number of halogens is 2. The highest BCUT2D eigenvalue weighted by atomic mass is 32.2. The molecule has 14 nitrogen and oxygen atoms in total. The van der Waals surface area contributed by atoms with E-state index >= 15 is 8.78 Å². The fraction of sp³-hybridized carbons (Fsp3) is 0.676. The van der Waals surface area contributed by atoms with Crippen molar-refractivity contribution in [3.05, 3.63) is 30.0 Å². The molecule has 294 valence electrons. The number of aromatic nitrogens is 2. The van der Waals surface area contributed by atoms with Crippen LogP contribution in [0.2, 0.25) is 0 Å². The monoisotopic (exact) mass is 774 g/mol. The molecule has 54 heavy (non-hydrogen) atoms. The first-order valence-corrected chi connectivity index (χ1v) is 20.5. The number of para-hydroxylation sites is 2. The molecule has 1 aromatic heterocycles. The van der Waals surface area contributed by atoms with Crippen LogP contribution in [0.4, 0.5) is 13.6 Å². The summed E-state index contributed by atoms with van der Waals surface area (Å²) in [5, 5.41) is 4.88. The number of carbonyl (C=O) groups excluding carboxylic acids is 4. The smallest absolute Gasteiger partial charge is 0.407 e. The summed E-state index contributed by atoms with van der Waals surface area (Å²) in [7, 11) is -3.93. The number of nitrogens with one attached hydrogen (secondary N) is 3. The van der Waals surface area contributed by atoms with Crippen molar-refractivity contribution in [2.45, 2.75) is 120 Å². The van der Waals surface area contributed by atoms with Gasteiger partial charge in [0.1, 0.15) is 17.7 Å². The Hall–Kier alpha value is -4.15. The Morgan fingerprint density at radius 1 is 0.944 bits per heavy atom. The van der Waals surface area contributed by atoms with E-state index in [-0.39, 0.29) is 49.5 Å². The maximum absolute atomic E-state index is 16.3. The summed E-state index contributed by atoms with van der Waals surface area (Å²) in [4.78, 5) is 65.5. The average Bonchev–Trinajstić information content (AvgIpc) is 4.05. The van der Waals surface area contributed by atoms with Gasteiger partial charge in [0.05, 0.1) is 35.4 Å². The predicted octanol–water partition coefficient (Wildman–Crippen LogP) is 4.07. The number of cyclic esters (lactones) is 1. The van der Waals surface area contributed by atoms with Gasteiger partial charge in [-0.3, -0.25) is 19.1 Å². The highest BCUT2D eigenvalue weighted by Gasteiger charge is 2.62. The fourth-order valence-electron chi connectivity index (χ4n) is 7.81. The number of sulfonamides is 1. The number of benzene rings is 1. The summed E-state index contributed by atoms with van der Waals surface area (Å²) in [6.45, 7) is 2.76. The first kappa shape index (κ1) is 38.1. The molecule has 4 bridgehead atoms. The summed E-state index contributed by atoms with van der Waals surface area (Å²) < 4.78 is 72.2. The van der Waals surface area contributed by atoms with E-state index < -0.39 is 92.0 Å². The number of hydrogen-bond donors (Lipinski definition) is 3. The van der Waals surface area contributed by atoms with E-state index in [4.69, 9.17) is 9.47 Å². The van der Waals surface area contributed by atoms with Gasteiger partial charge in [0, 0.05) is 13.0 Å². The molecule has 4 amide bonds. The number of hydrogen-bond acceptors (Lipinski definition) is 10. The van der Waals surface area contributed by atoms with Gasteiger partial charge in [0.15, 0.2) is 5.69 Å². The highest BCUT2D eigenvalue weighted by Crippen LogP contribution is 2.48. The summed E-state index contributed by atoms with van der Waals surface area (Å²) in [5.41, 5.74) is -2.62. The molecule has 3 N–H and O–H groups in total. The van der Waals surface area contributed by atoms with Crippen molar-refractivity contribution in [3.8, 4) is 5.88 Å². The molecule has 4 fully saturated rings. The van der Waals surface area contributed by atoms with Gasteiger partial charge in [-0.1, -0.05) is 58.1 Å². The Morgan fingerprint density at radius 2 is 1.63 bits per heavy atom. The zero-order chi connectivity index (χ0) is 38.5. The van der Waals surface area contributed by atoms with Crippen LogP contribution in [0.25, 0.3) is 11.0 Å².